The summed E-state index contributed by atoms with van der Waals surface area (Å²) in [4.78, 5) is 0.169. The summed E-state index contributed by atoms with van der Waals surface area (Å²) in [6, 6.07) is 6.57. The molecule has 110 valence electrons. The van der Waals surface area contributed by atoms with E-state index in [2.05, 4.69) is 10.0 Å². The predicted molar refractivity (Wildman–Crippen MR) is 79.4 cm³/mol. The Hall–Kier alpha value is -0.620. The highest BCUT2D eigenvalue weighted by Crippen LogP contribution is 2.38. The van der Waals surface area contributed by atoms with Crippen LogP contribution < -0.4 is 10.0 Å². The predicted octanol–water partition coefficient (Wildman–Crippen LogP) is 2.29. The fourth-order valence-corrected chi connectivity index (χ4v) is 4.98. The average molecular weight is 315 g/mol. The Morgan fingerprint density at radius 1 is 1.30 bits per heavy atom. The van der Waals surface area contributed by atoms with Crippen LogP contribution >= 0.6 is 11.6 Å². The number of hydrogen-bond acceptors (Lipinski definition) is 3. The largest absolute Gasteiger partial charge is 0.311 e. The van der Waals surface area contributed by atoms with E-state index in [1.54, 1.807) is 24.3 Å². The number of hydrogen-bond donors (Lipinski definition) is 2. The molecule has 2 N–H and O–H groups in total. The third-order valence-electron chi connectivity index (χ3n) is 4.39. The lowest BCUT2D eigenvalue weighted by Crippen LogP contribution is -2.59. The summed E-state index contributed by atoms with van der Waals surface area (Å²) in [5.41, 5.74) is 0.173. The van der Waals surface area contributed by atoms with Crippen molar-refractivity contribution in [3.63, 3.8) is 0 Å². The van der Waals surface area contributed by atoms with E-state index < -0.39 is 10.0 Å². The topological polar surface area (TPSA) is 58.2 Å². The van der Waals surface area contributed by atoms with Crippen molar-refractivity contribution >= 4 is 21.6 Å². The highest BCUT2D eigenvalue weighted by molar-refractivity contribution is 7.89. The molecule has 1 aliphatic heterocycles. The summed E-state index contributed by atoms with van der Waals surface area (Å²) in [5.74, 6) is 0. The van der Waals surface area contributed by atoms with E-state index in [-0.39, 0.29) is 21.5 Å². The van der Waals surface area contributed by atoms with Gasteiger partial charge in [0.05, 0.1) is 5.02 Å². The molecule has 2 aliphatic rings. The van der Waals surface area contributed by atoms with Crippen LogP contribution in [0.2, 0.25) is 5.02 Å². The zero-order valence-corrected chi connectivity index (χ0v) is 12.8. The van der Waals surface area contributed by atoms with Crippen LogP contribution in [0.4, 0.5) is 0 Å². The first-order valence-electron chi connectivity index (χ1n) is 7.03. The van der Waals surface area contributed by atoms with Crippen molar-refractivity contribution in [3.05, 3.63) is 29.3 Å². The molecule has 1 unspecified atom stereocenters. The molecule has 0 bridgehead atoms. The molecule has 1 aromatic rings. The van der Waals surface area contributed by atoms with E-state index in [0.29, 0.717) is 0 Å². The fourth-order valence-electron chi connectivity index (χ4n) is 3.19. The van der Waals surface area contributed by atoms with Gasteiger partial charge in [0.25, 0.3) is 0 Å². The minimum atomic E-state index is -3.53. The fraction of sp³-hybridized carbons (Fsp3) is 0.571. The number of rotatable bonds is 3. The molecule has 3 rings (SSSR count). The van der Waals surface area contributed by atoms with E-state index in [1.165, 1.54) is 6.42 Å². The van der Waals surface area contributed by atoms with Gasteiger partial charge in [0.1, 0.15) is 4.90 Å². The van der Waals surface area contributed by atoms with Crippen LogP contribution in [-0.2, 0) is 10.0 Å². The Labute approximate surface area is 125 Å². The van der Waals surface area contributed by atoms with E-state index in [1.807, 2.05) is 0 Å². The molecule has 1 spiro atoms. The van der Waals surface area contributed by atoms with E-state index in [0.717, 1.165) is 32.2 Å². The molecule has 1 aliphatic carbocycles. The SMILES string of the molecule is O=S(=O)(NC1CCNC2(CCC2)C1)c1ccccc1Cl. The Kier molecular flexibility index (Phi) is 3.79. The summed E-state index contributed by atoms with van der Waals surface area (Å²) in [5, 5.41) is 3.81. The van der Waals surface area contributed by atoms with Gasteiger partial charge in [-0.25, -0.2) is 13.1 Å². The molecule has 1 aromatic carbocycles. The lowest BCUT2D eigenvalue weighted by Gasteiger charge is -2.48. The smallest absolute Gasteiger partial charge is 0.242 e. The van der Waals surface area contributed by atoms with Crippen molar-refractivity contribution < 1.29 is 8.42 Å². The van der Waals surface area contributed by atoms with Crippen LogP contribution in [0.25, 0.3) is 0 Å². The van der Waals surface area contributed by atoms with Gasteiger partial charge in [-0.3, -0.25) is 0 Å². The summed E-state index contributed by atoms with van der Waals surface area (Å²) in [7, 11) is -3.53. The van der Waals surface area contributed by atoms with Crippen LogP contribution in [-0.4, -0.2) is 26.5 Å². The molecular formula is C14H19ClN2O2S. The summed E-state index contributed by atoms with van der Waals surface area (Å²) in [6.07, 6.45) is 5.23. The van der Waals surface area contributed by atoms with Crippen LogP contribution in [0.5, 0.6) is 0 Å². The van der Waals surface area contributed by atoms with E-state index in [9.17, 15) is 8.42 Å². The van der Waals surface area contributed by atoms with Gasteiger partial charge >= 0.3 is 0 Å². The summed E-state index contributed by atoms with van der Waals surface area (Å²) >= 11 is 5.99. The standard InChI is InChI=1S/C14H19ClN2O2S/c15-12-4-1-2-5-13(12)20(18,19)17-11-6-9-16-14(10-11)7-3-8-14/h1-2,4-5,11,16-17H,3,6-10H2. The summed E-state index contributed by atoms with van der Waals surface area (Å²) in [6.45, 7) is 0.871. The van der Waals surface area contributed by atoms with Gasteiger partial charge in [-0.05, 0) is 50.8 Å². The van der Waals surface area contributed by atoms with E-state index >= 15 is 0 Å². The van der Waals surface area contributed by atoms with Gasteiger partial charge in [-0.2, -0.15) is 0 Å². The maximum Gasteiger partial charge on any atom is 0.242 e. The Bertz CT molecular complexity index is 599. The zero-order chi connectivity index (χ0) is 14.2. The molecule has 1 saturated heterocycles. The van der Waals surface area contributed by atoms with Crippen molar-refractivity contribution in [3.8, 4) is 0 Å². The van der Waals surface area contributed by atoms with Gasteiger partial charge in [0.15, 0.2) is 0 Å². The van der Waals surface area contributed by atoms with Crippen molar-refractivity contribution in [2.75, 3.05) is 6.54 Å². The Morgan fingerprint density at radius 3 is 2.70 bits per heavy atom. The molecule has 1 atom stereocenters. The Balaban J connectivity index is 1.75. The number of sulfonamides is 1. The van der Waals surface area contributed by atoms with Gasteiger partial charge in [-0.15, -0.1) is 0 Å². The quantitative estimate of drug-likeness (QED) is 0.900. The zero-order valence-electron chi connectivity index (χ0n) is 11.2. The molecule has 0 aromatic heterocycles. The second-order valence-corrected chi connectivity index (χ2v) is 7.89. The van der Waals surface area contributed by atoms with Gasteiger partial charge in [0, 0.05) is 11.6 Å². The maximum atomic E-state index is 12.4. The van der Waals surface area contributed by atoms with Crippen molar-refractivity contribution in [1.82, 2.24) is 10.0 Å². The minimum Gasteiger partial charge on any atom is -0.311 e. The maximum absolute atomic E-state index is 12.4. The third-order valence-corrected chi connectivity index (χ3v) is 6.41. The molecule has 1 heterocycles. The van der Waals surface area contributed by atoms with Crippen molar-refractivity contribution in [2.45, 2.75) is 48.6 Å². The molecule has 1 saturated carbocycles. The van der Waals surface area contributed by atoms with Crippen LogP contribution in [0.3, 0.4) is 0 Å². The summed E-state index contributed by atoms with van der Waals surface area (Å²) < 4.78 is 27.7. The van der Waals surface area contributed by atoms with Gasteiger partial charge in [-0.1, -0.05) is 23.7 Å². The Morgan fingerprint density at radius 2 is 2.05 bits per heavy atom. The second kappa shape index (κ2) is 5.30. The first-order valence-corrected chi connectivity index (χ1v) is 8.89. The second-order valence-electron chi connectivity index (χ2n) is 5.80. The molecule has 6 heteroatoms. The first kappa shape index (κ1) is 14.3. The molecule has 0 radical (unpaired) electrons. The van der Waals surface area contributed by atoms with Gasteiger partial charge < -0.3 is 5.32 Å². The van der Waals surface area contributed by atoms with E-state index in [4.69, 9.17) is 11.6 Å². The highest BCUT2D eigenvalue weighted by atomic mass is 35.5. The van der Waals surface area contributed by atoms with Crippen molar-refractivity contribution in [2.24, 2.45) is 0 Å². The number of halogens is 1. The molecular weight excluding hydrogens is 296 g/mol. The highest BCUT2D eigenvalue weighted by Gasteiger charge is 2.41. The number of benzene rings is 1. The third kappa shape index (κ3) is 2.72. The monoisotopic (exact) mass is 314 g/mol. The van der Waals surface area contributed by atoms with Gasteiger partial charge in [0.2, 0.25) is 10.0 Å². The first-order chi connectivity index (χ1) is 9.51. The number of nitrogens with one attached hydrogen (secondary N) is 2. The number of piperidine rings is 1. The lowest BCUT2D eigenvalue weighted by atomic mass is 9.70. The van der Waals surface area contributed by atoms with Crippen molar-refractivity contribution in [1.29, 1.82) is 0 Å². The minimum absolute atomic E-state index is 0.00202. The molecule has 4 nitrogen and oxygen atoms in total. The molecule has 20 heavy (non-hydrogen) atoms. The van der Waals surface area contributed by atoms with Crippen LogP contribution in [0.15, 0.2) is 29.2 Å². The average Bonchev–Trinajstić information content (AvgIpc) is 2.37. The molecule has 2 fully saturated rings. The van der Waals surface area contributed by atoms with Crippen LogP contribution in [0.1, 0.15) is 32.1 Å². The molecule has 0 amide bonds. The normalized spacial score (nSPS) is 25.4. The van der Waals surface area contributed by atoms with Crippen LogP contribution in [0, 0.1) is 0 Å². The lowest BCUT2D eigenvalue weighted by molar-refractivity contribution is 0.126.